The van der Waals surface area contributed by atoms with E-state index < -0.39 is 0 Å². The van der Waals surface area contributed by atoms with E-state index in [4.69, 9.17) is 0 Å². The molecule has 0 aliphatic carbocycles. The van der Waals surface area contributed by atoms with E-state index in [1.165, 1.54) is 41.3 Å². The van der Waals surface area contributed by atoms with Crippen LogP contribution in [0, 0.1) is 7.14 Å². The predicted molar refractivity (Wildman–Crippen MR) is 139 cm³/mol. The van der Waals surface area contributed by atoms with Gasteiger partial charge in [0.15, 0.2) is 0 Å². The van der Waals surface area contributed by atoms with Gasteiger partial charge in [-0.15, -0.1) is 0 Å². The third-order valence-corrected chi connectivity index (χ3v) is 8.30. The fraction of sp³-hybridized carbons (Fsp3) is 0.217. The van der Waals surface area contributed by atoms with Crippen molar-refractivity contribution in [1.82, 2.24) is 0 Å². The third kappa shape index (κ3) is 5.41. The van der Waals surface area contributed by atoms with E-state index in [-0.39, 0.29) is 0 Å². The highest BCUT2D eigenvalue weighted by atomic mass is 127. The molecule has 0 amide bonds. The zero-order chi connectivity index (χ0) is 19.2. The fourth-order valence-electron chi connectivity index (χ4n) is 3.11. The van der Waals surface area contributed by atoms with Crippen molar-refractivity contribution in [2.45, 2.75) is 19.6 Å². The van der Waals surface area contributed by atoms with Crippen LogP contribution in [-0.4, -0.2) is 11.5 Å². The van der Waals surface area contributed by atoms with Crippen LogP contribution in [0.25, 0.3) is 0 Å². The average Bonchev–Trinajstić information content (AvgIpc) is 2.70. The predicted octanol–water partition coefficient (Wildman–Crippen LogP) is 7.52. The molecule has 3 aromatic carbocycles. The summed E-state index contributed by atoms with van der Waals surface area (Å²) in [5.41, 5.74) is 5.14. The maximum absolute atomic E-state index is 2.43. The van der Waals surface area contributed by atoms with Crippen LogP contribution >= 0.6 is 45.2 Å². The van der Waals surface area contributed by atoms with Crippen LogP contribution in [0.1, 0.15) is 19.4 Å². The molecule has 0 aromatic heterocycles. The SMILES string of the molecule is CC[S+](CC)Cc1cc(I)ccc1N(c1ccccc1)c1ccc(I)cc1. The van der Waals surface area contributed by atoms with Crippen molar-refractivity contribution in [3.63, 3.8) is 0 Å². The molecule has 0 heterocycles. The Balaban J connectivity index is 2.13. The van der Waals surface area contributed by atoms with Crippen molar-refractivity contribution in [3.05, 3.63) is 85.5 Å². The number of para-hydroxylation sites is 1. The van der Waals surface area contributed by atoms with Crippen LogP contribution in [0.4, 0.5) is 17.1 Å². The number of hydrogen-bond donors (Lipinski definition) is 0. The molecule has 0 saturated carbocycles. The molecule has 0 unspecified atom stereocenters. The fourth-order valence-corrected chi connectivity index (χ4v) is 5.51. The minimum atomic E-state index is 0.428. The third-order valence-electron chi connectivity index (χ3n) is 4.56. The van der Waals surface area contributed by atoms with E-state index in [1.54, 1.807) is 0 Å². The zero-order valence-corrected chi connectivity index (χ0v) is 20.8. The Morgan fingerprint density at radius 3 is 1.96 bits per heavy atom. The number of benzene rings is 3. The molecule has 1 nitrogen and oxygen atoms in total. The van der Waals surface area contributed by atoms with Gasteiger partial charge in [0.05, 0.1) is 5.69 Å². The number of rotatable bonds is 7. The molecule has 0 spiro atoms. The normalized spacial score (nSPS) is 11.0. The van der Waals surface area contributed by atoms with Crippen LogP contribution in [0.15, 0.2) is 72.8 Å². The highest BCUT2D eigenvalue weighted by Gasteiger charge is 2.21. The lowest BCUT2D eigenvalue weighted by Crippen LogP contribution is -2.16. The number of halogens is 2. The Morgan fingerprint density at radius 2 is 1.33 bits per heavy atom. The molecule has 0 N–H and O–H groups in total. The van der Waals surface area contributed by atoms with Crippen LogP contribution in [0.3, 0.4) is 0 Å². The van der Waals surface area contributed by atoms with Crippen molar-refractivity contribution in [2.24, 2.45) is 0 Å². The van der Waals surface area contributed by atoms with Crippen molar-refractivity contribution in [3.8, 4) is 0 Å². The molecule has 0 atom stereocenters. The molecule has 0 saturated heterocycles. The van der Waals surface area contributed by atoms with Crippen molar-refractivity contribution in [1.29, 1.82) is 0 Å². The number of hydrogen-bond acceptors (Lipinski definition) is 1. The van der Waals surface area contributed by atoms with Gasteiger partial charge in [-0.05, 0) is 125 Å². The molecule has 0 aliphatic heterocycles. The van der Waals surface area contributed by atoms with Gasteiger partial charge in [0.25, 0.3) is 0 Å². The lowest BCUT2D eigenvalue weighted by molar-refractivity contribution is 1.22. The lowest BCUT2D eigenvalue weighted by Gasteiger charge is -2.27. The molecule has 0 fully saturated rings. The van der Waals surface area contributed by atoms with Gasteiger partial charge in [0, 0.05) is 24.1 Å². The van der Waals surface area contributed by atoms with Crippen molar-refractivity contribution >= 4 is 73.1 Å². The van der Waals surface area contributed by atoms with Gasteiger partial charge in [-0.3, -0.25) is 0 Å². The summed E-state index contributed by atoms with van der Waals surface area (Å²) in [6.45, 7) is 4.63. The van der Waals surface area contributed by atoms with E-state index >= 15 is 0 Å². The summed E-state index contributed by atoms with van der Waals surface area (Å²) >= 11 is 4.80. The van der Waals surface area contributed by atoms with Gasteiger partial charge in [0.2, 0.25) is 0 Å². The second-order valence-corrected chi connectivity index (χ2v) is 11.4. The smallest absolute Gasteiger partial charge is 0.135 e. The highest BCUT2D eigenvalue weighted by Crippen LogP contribution is 2.38. The second kappa shape index (κ2) is 10.2. The lowest BCUT2D eigenvalue weighted by atomic mass is 10.1. The molecule has 0 aliphatic rings. The molecule has 3 rings (SSSR count). The van der Waals surface area contributed by atoms with Gasteiger partial charge in [0.1, 0.15) is 17.3 Å². The van der Waals surface area contributed by atoms with Gasteiger partial charge in [-0.2, -0.15) is 0 Å². The summed E-state index contributed by atoms with van der Waals surface area (Å²) in [7, 11) is 0.428. The first-order valence-electron chi connectivity index (χ1n) is 9.15. The molecule has 4 heteroatoms. The molecule has 3 aromatic rings. The Bertz CT molecular complexity index is 861. The highest BCUT2D eigenvalue weighted by molar-refractivity contribution is 14.1. The first-order chi connectivity index (χ1) is 13.1. The van der Waals surface area contributed by atoms with Crippen molar-refractivity contribution in [2.75, 3.05) is 16.4 Å². The summed E-state index contributed by atoms with van der Waals surface area (Å²) < 4.78 is 2.56. The van der Waals surface area contributed by atoms with Crippen LogP contribution in [-0.2, 0) is 16.6 Å². The first kappa shape index (κ1) is 21.0. The minimum Gasteiger partial charge on any atom is -0.310 e. The average molecular weight is 600 g/mol. The Kier molecular flexibility index (Phi) is 7.90. The summed E-state index contributed by atoms with van der Waals surface area (Å²) in [4.78, 5) is 2.40. The van der Waals surface area contributed by atoms with E-state index in [0.717, 1.165) is 5.75 Å². The molecule has 0 radical (unpaired) electrons. The Morgan fingerprint density at radius 1 is 0.741 bits per heavy atom. The number of nitrogens with zero attached hydrogens (tertiary/aromatic N) is 1. The maximum atomic E-state index is 2.43. The molecule has 27 heavy (non-hydrogen) atoms. The molecular formula is C23H24I2NS+. The largest absolute Gasteiger partial charge is 0.310 e. The van der Waals surface area contributed by atoms with Gasteiger partial charge in [-0.25, -0.2) is 0 Å². The van der Waals surface area contributed by atoms with E-state index in [0.29, 0.717) is 10.9 Å². The summed E-state index contributed by atoms with van der Waals surface area (Å²) in [5.74, 6) is 3.64. The van der Waals surface area contributed by atoms with Gasteiger partial charge >= 0.3 is 0 Å². The topological polar surface area (TPSA) is 3.24 Å². The molecule has 0 bridgehead atoms. The molecule has 140 valence electrons. The second-order valence-electron chi connectivity index (χ2n) is 6.25. The Labute approximate surface area is 193 Å². The van der Waals surface area contributed by atoms with Gasteiger partial charge in [-0.1, -0.05) is 18.2 Å². The summed E-state index contributed by atoms with van der Waals surface area (Å²) in [6, 6.07) is 26.4. The zero-order valence-electron chi connectivity index (χ0n) is 15.7. The van der Waals surface area contributed by atoms with E-state index in [2.05, 4.69) is 137 Å². The number of anilines is 3. The monoisotopic (exact) mass is 600 g/mol. The first-order valence-corrected chi connectivity index (χ1v) is 13.0. The maximum Gasteiger partial charge on any atom is 0.135 e. The van der Waals surface area contributed by atoms with Gasteiger partial charge < -0.3 is 4.90 Å². The van der Waals surface area contributed by atoms with Crippen LogP contribution in [0.5, 0.6) is 0 Å². The summed E-state index contributed by atoms with van der Waals surface area (Å²) in [6.07, 6.45) is 0. The van der Waals surface area contributed by atoms with E-state index in [1.807, 2.05) is 0 Å². The quantitative estimate of drug-likeness (QED) is 0.200. The Hall–Kier alpha value is -0.730. The van der Waals surface area contributed by atoms with Crippen molar-refractivity contribution < 1.29 is 0 Å². The summed E-state index contributed by atoms with van der Waals surface area (Å²) in [5, 5.41) is 0. The minimum absolute atomic E-state index is 0.428. The van der Waals surface area contributed by atoms with Crippen LogP contribution < -0.4 is 4.90 Å². The van der Waals surface area contributed by atoms with Crippen LogP contribution in [0.2, 0.25) is 0 Å². The van der Waals surface area contributed by atoms with E-state index in [9.17, 15) is 0 Å². The molecular weight excluding hydrogens is 576 g/mol. The standard InChI is InChI=1S/C23H24I2NS/c1-3-27(4-2)17-18-16-20(25)12-15-23(18)26(21-8-6-5-7-9-21)22-13-10-19(24)11-14-22/h5-16H,3-4,17H2,1-2H3/q+1.